The van der Waals surface area contributed by atoms with E-state index >= 15 is 0 Å². The van der Waals surface area contributed by atoms with Crippen LogP contribution < -0.4 is 16.0 Å². The maximum Gasteiger partial charge on any atom is 0.315 e. The zero-order valence-electron chi connectivity index (χ0n) is 23.3. The molecular formula is C27H49N3O6. The van der Waals surface area contributed by atoms with Crippen LogP contribution in [0, 0.1) is 17.3 Å². The van der Waals surface area contributed by atoms with Crippen LogP contribution >= 0.6 is 0 Å². The quantitative estimate of drug-likeness (QED) is 0.329. The molecule has 5 atom stereocenters. The molecule has 1 saturated carbocycles. The molecule has 0 aromatic rings. The average Bonchev–Trinajstić information content (AvgIpc) is 2.77. The summed E-state index contributed by atoms with van der Waals surface area (Å²) in [5.74, 6) is -2.10. The lowest BCUT2D eigenvalue weighted by Crippen LogP contribution is -2.60. The third-order valence-electron chi connectivity index (χ3n) is 7.51. The second-order valence-corrected chi connectivity index (χ2v) is 12.1. The van der Waals surface area contributed by atoms with Crippen molar-refractivity contribution in [2.24, 2.45) is 17.3 Å². The fourth-order valence-electron chi connectivity index (χ4n) is 5.27. The molecule has 4 N–H and O–H groups in total. The van der Waals surface area contributed by atoms with E-state index in [1.54, 1.807) is 13.8 Å². The van der Waals surface area contributed by atoms with Crippen molar-refractivity contribution in [3.8, 4) is 0 Å². The Kier molecular flexibility index (Phi) is 11.0. The predicted octanol–water partition coefficient (Wildman–Crippen LogP) is 4.20. The van der Waals surface area contributed by atoms with E-state index in [-0.39, 0.29) is 36.4 Å². The molecule has 5 unspecified atom stereocenters. The molecule has 3 amide bonds. The molecule has 1 saturated heterocycles. The summed E-state index contributed by atoms with van der Waals surface area (Å²) in [5, 5.41) is 18.9. The van der Waals surface area contributed by atoms with Crippen LogP contribution in [0.25, 0.3) is 0 Å². The van der Waals surface area contributed by atoms with E-state index in [4.69, 9.17) is 9.47 Å². The lowest BCUT2D eigenvalue weighted by molar-refractivity contribution is -0.304. The molecule has 2 rings (SSSR count). The zero-order chi connectivity index (χ0) is 27.1. The number of urea groups is 1. The average molecular weight is 512 g/mol. The topological polar surface area (TPSA) is 126 Å². The first-order chi connectivity index (χ1) is 16.8. The second kappa shape index (κ2) is 13.1. The van der Waals surface area contributed by atoms with Gasteiger partial charge in [0.25, 0.3) is 0 Å². The van der Waals surface area contributed by atoms with Gasteiger partial charge in [-0.1, -0.05) is 60.3 Å². The molecule has 0 bridgehead atoms. The number of carboxylic acids is 1. The van der Waals surface area contributed by atoms with E-state index in [2.05, 4.69) is 36.7 Å². The highest BCUT2D eigenvalue weighted by molar-refractivity contribution is 5.83. The number of carbonyl (C=O) groups is 3. The Morgan fingerprint density at radius 1 is 1.06 bits per heavy atom. The molecule has 1 aliphatic heterocycles. The van der Waals surface area contributed by atoms with Crippen molar-refractivity contribution >= 4 is 17.9 Å². The highest BCUT2D eigenvalue weighted by Gasteiger charge is 2.47. The smallest absolute Gasteiger partial charge is 0.315 e. The summed E-state index contributed by atoms with van der Waals surface area (Å²) in [6, 6.07) is -0.982. The number of unbranched alkanes of at least 4 members (excludes halogenated alkanes) is 1. The van der Waals surface area contributed by atoms with Gasteiger partial charge in [-0.15, -0.1) is 0 Å². The van der Waals surface area contributed by atoms with Gasteiger partial charge in [-0.2, -0.15) is 0 Å². The minimum absolute atomic E-state index is 0.0813. The van der Waals surface area contributed by atoms with Gasteiger partial charge in [-0.3, -0.25) is 9.59 Å². The van der Waals surface area contributed by atoms with Gasteiger partial charge in [-0.05, 0) is 39.0 Å². The van der Waals surface area contributed by atoms with Crippen molar-refractivity contribution in [3.05, 3.63) is 0 Å². The van der Waals surface area contributed by atoms with Crippen molar-refractivity contribution in [2.75, 3.05) is 6.61 Å². The van der Waals surface area contributed by atoms with E-state index in [1.165, 1.54) is 0 Å². The molecule has 1 heterocycles. The standard InChI is InChI=1S/C27H49N3O6/c1-8-9-13-19(17(2)3)29-25(34)30-20-14-11-10-12-18(20)21(15-22(31)32)28-24(33)23-26(4,5)16-35-27(6,7)36-23/h17-21,23H,8-16H2,1-7H3,(H,28,33)(H,31,32)(H2,29,30,34). The highest BCUT2D eigenvalue weighted by atomic mass is 16.7. The first kappa shape index (κ1) is 30.4. The van der Waals surface area contributed by atoms with E-state index < -0.39 is 29.3 Å². The summed E-state index contributed by atoms with van der Waals surface area (Å²) >= 11 is 0. The summed E-state index contributed by atoms with van der Waals surface area (Å²) in [6.45, 7) is 14.0. The third kappa shape index (κ3) is 8.91. The number of ether oxygens (including phenoxy) is 2. The van der Waals surface area contributed by atoms with Crippen LogP contribution in [-0.2, 0) is 19.1 Å². The molecule has 0 spiro atoms. The highest BCUT2D eigenvalue weighted by Crippen LogP contribution is 2.36. The van der Waals surface area contributed by atoms with Crippen LogP contribution in [0.2, 0.25) is 0 Å². The van der Waals surface area contributed by atoms with Crippen molar-refractivity contribution in [3.63, 3.8) is 0 Å². The summed E-state index contributed by atoms with van der Waals surface area (Å²) in [5.41, 5.74) is -0.568. The summed E-state index contributed by atoms with van der Waals surface area (Å²) in [6.07, 6.45) is 5.40. The molecule has 0 aromatic carbocycles. The van der Waals surface area contributed by atoms with Crippen LogP contribution in [0.3, 0.4) is 0 Å². The number of amides is 3. The molecule has 2 fully saturated rings. The molecule has 0 aromatic heterocycles. The fraction of sp³-hybridized carbons (Fsp3) is 0.889. The Bertz CT molecular complexity index is 754. The molecule has 36 heavy (non-hydrogen) atoms. The summed E-state index contributed by atoms with van der Waals surface area (Å²) in [4.78, 5) is 38.1. The normalized spacial score (nSPS) is 27.1. The summed E-state index contributed by atoms with van der Waals surface area (Å²) < 4.78 is 11.7. The van der Waals surface area contributed by atoms with Gasteiger partial charge in [0.2, 0.25) is 5.91 Å². The van der Waals surface area contributed by atoms with Gasteiger partial charge in [-0.25, -0.2) is 4.79 Å². The Balaban J connectivity index is 2.15. The van der Waals surface area contributed by atoms with Crippen LogP contribution in [0.15, 0.2) is 0 Å². The molecule has 9 nitrogen and oxygen atoms in total. The maximum atomic E-state index is 13.4. The van der Waals surface area contributed by atoms with E-state index in [0.717, 1.165) is 44.9 Å². The number of carboxylic acid groups (broad SMARTS) is 1. The fourth-order valence-corrected chi connectivity index (χ4v) is 5.27. The van der Waals surface area contributed by atoms with Gasteiger partial charge in [0.1, 0.15) is 6.10 Å². The molecule has 0 radical (unpaired) electrons. The van der Waals surface area contributed by atoms with Gasteiger partial charge in [0, 0.05) is 29.5 Å². The van der Waals surface area contributed by atoms with E-state index in [9.17, 15) is 19.5 Å². The van der Waals surface area contributed by atoms with Crippen molar-refractivity contribution in [2.45, 2.75) is 130 Å². The lowest BCUT2D eigenvalue weighted by atomic mass is 9.78. The predicted molar refractivity (Wildman–Crippen MR) is 138 cm³/mol. The molecule has 1 aliphatic carbocycles. The Morgan fingerprint density at radius 2 is 1.72 bits per heavy atom. The second-order valence-electron chi connectivity index (χ2n) is 12.1. The largest absolute Gasteiger partial charge is 0.481 e. The minimum Gasteiger partial charge on any atom is -0.481 e. The number of hydrogen-bond acceptors (Lipinski definition) is 5. The van der Waals surface area contributed by atoms with Gasteiger partial charge in [0.05, 0.1) is 13.0 Å². The number of hydrogen-bond donors (Lipinski definition) is 4. The monoisotopic (exact) mass is 511 g/mol. The number of carbonyl (C=O) groups excluding carboxylic acids is 2. The Morgan fingerprint density at radius 3 is 2.33 bits per heavy atom. The lowest BCUT2D eigenvalue weighted by Gasteiger charge is -2.45. The Hall–Kier alpha value is -1.87. The molecule has 2 aliphatic rings. The molecule has 208 valence electrons. The van der Waals surface area contributed by atoms with Crippen LogP contribution in [-0.4, -0.2) is 59.6 Å². The summed E-state index contributed by atoms with van der Waals surface area (Å²) in [7, 11) is 0. The van der Waals surface area contributed by atoms with Gasteiger partial charge < -0.3 is 30.5 Å². The first-order valence-corrected chi connectivity index (χ1v) is 13.7. The SMILES string of the molecule is CCCCC(NC(=O)NC1CCCCC1C(CC(=O)O)NC(=O)C1OC(C)(C)OCC1(C)C)C(C)C. The third-order valence-corrected chi connectivity index (χ3v) is 7.51. The number of rotatable bonds is 11. The van der Waals surface area contributed by atoms with Crippen molar-refractivity contribution in [1.29, 1.82) is 0 Å². The number of nitrogens with one attached hydrogen (secondary N) is 3. The Labute approximate surface area is 216 Å². The van der Waals surface area contributed by atoms with E-state index in [1.807, 2.05) is 13.8 Å². The van der Waals surface area contributed by atoms with Crippen LogP contribution in [0.1, 0.15) is 99.8 Å². The number of aliphatic carboxylic acids is 1. The minimum atomic E-state index is -0.985. The van der Waals surface area contributed by atoms with Crippen molar-refractivity contribution in [1.82, 2.24) is 16.0 Å². The van der Waals surface area contributed by atoms with E-state index in [0.29, 0.717) is 12.5 Å². The van der Waals surface area contributed by atoms with Gasteiger partial charge >= 0.3 is 12.0 Å². The van der Waals surface area contributed by atoms with Crippen molar-refractivity contribution < 1.29 is 29.0 Å². The maximum absolute atomic E-state index is 13.4. The first-order valence-electron chi connectivity index (χ1n) is 13.7. The van der Waals surface area contributed by atoms with Gasteiger partial charge in [0.15, 0.2) is 5.79 Å². The molecule has 9 heteroatoms. The zero-order valence-corrected chi connectivity index (χ0v) is 23.3. The van der Waals surface area contributed by atoms with Crippen LogP contribution in [0.5, 0.6) is 0 Å². The van der Waals surface area contributed by atoms with Crippen LogP contribution in [0.4, 0.5) is 4.79 Å². The molecular weight excluding hydrogens is 462 g/mol.